The van der Waals surface area contributed by atoms with Crippen molar-refractivity contribution >= 4 is 23.2 Å². The first kappa shape index (κ1) is 20.4. The van der Waals surface area contributed by atoms with Gasteiger partial charge in [-0.1, -0.05) is 6.92 Å². The molecule has 4 aromatic heterocycles. The van der Waals surface area contributed by atoms with Gasteiger partial charge >= 0.3 is 11.8 Å². The molecule has 11 heteroatoms. The first-order chi connectivity index (χ1) is 15.0. The molecule has 0 radical (unpaired) electrons. The zero-order valence-corrected chi connectivity index (χ0v) is 17.6. The number of H-pyrrole nitrogens is 1. The third-order valence-electron chi connectivity index (χ3n) is 4.26. The highest BCUT2D eigenvalue weighted by Gasteiger charge is 2.16. The minimum Gasteiger partial charge on any atom is -0.388 e. The molecule has 0 atom stereocenters. The molecule has 0 unspecified atom stereocenters. The largest absolute Gasteiger partial charge is 0.434 e. The number of aryl methyl sites for hydroxylation is 1. The molecule has 10 nitrogen and oxygen atoms in total. The van der Waals surface area contributed by atoms with Crippen molar-refractivity contribution in [1.29, 1.82) is 0 Å². The number of carbonyl (C=O) groups is 1. The lowest BCUT2D eigenvalue weighted by molar-refractivity contribution is 0.252. The summed E-state index contributed by atoms with van der Waals surface area (Å²) in [4.78, 5) is 36.6. The molecule has 0 aliphatic heterocycles. The number of aromatic amines is 1. The van der Waals surface area contributed by atoms with Crippen LogP contribution in [-0.4, -0.2) is 37.7 Å². The van der Waals surface area contributed by atoms with Crippen LogP contribution in [0, 0.1) is 6.92 Å². The van der Waals surface area contributed by atoms with E-state index >= 15 is 0 Å². The number of nitrogens with zero attached hydrogens (tertiary/aromatic N) is 4. The number of carbonyl (C=O) groups excluding carboxylic acids is 1. The molecule has 0 fully saturated rings. The number of anilines is 1. The van der Waals surface area contributed by atoms with Crippen molar-refractivity contribution < 1.29 is 9.21 Å². The fourth-order valence-corrected chi connectivity index (χ4v) is 3.69. The van der Waals surface area contributed by atoms with E-state index in [9.17, 15) is 9.59 Å². The number of amides is 2. The van der Waals surface area contributed by atoms with Crippen molar-refractivity contribution in [3.8, 4) is 33.2 Å². The Morgan fingerprint density at radius 1 is 1.19 bits per heavy atom. The van der Waals surface area contributed by atoms with Gasteiger partial charge in [0.25, 0.3) is 5.89 Å². The predicted octanol–water partition coefficient (Wildman–Crippen LogP) is 3.45. The minimum atomic E-state index is -0.641. The van der Waals surface area contributed by atoms with Crippen LogP contribution in [0.4, 0.5) is 10.6 Å². The van der Waals surface area contributed by atoms with Crippen LogP contribution in [0.25, 0.3) is 33.2 Å². The monoisotopic (exact) mass is 437 g/mol. The quantitative estimate of drug-likeness (QED) is 0.420. The summed E-state index contributed by atoms with van der Waals surface area (Å²) in [6.07, 6.45) is 5.72. The number of pyridine rings is 2. The van der Waals surface area contributed by atoms with Crippen LogP contribution in [0.15, 0.2) is 45.3 Å². The van der Waals surface area contributed by atoms with Crippen molar-refractivity contribution in [1.82, 2.24) is 30.5 Å². The van der Waals surface area contributed by atoms with Crippen molar-refractivity contribution in [2.75, 3.05) is 11.9 Å². The Kier molecular flexibility index (Phi) is 5.85. The first-order valence-corrected chi connectivity index (χ1v) is 10.4. The Hall–Kier alpha value is -3.86. The average molecular weight is 437 g/mol. The molecule has 4 heterocycles. The van der Waals surface area contributed by atoms with E-state index in [1.54, 1.807) is 30.7 Å². The van der Waals surface area contributed by atoms with Gasteiger partial charge in [-0.25, -0.2) is 24.7 Å². The van der Waals surface area contributed by atoms with Gasteiger partial charge in [0.2, 0.25) is 0 Å². The molecule has 158 valence electrons. The van der Waals surface area contributed by atoms with E-state index in [-0.39, 0.29) is 11.9 Å². The summed E-state index contributed by atoms with van der Waals surface area (Å²) >= 11 is 1.49. The summed E-state index contributed by atoms with van der Waals surface area (Å²) in [5.74, 6) is -0.0924. The SMILES string of the molecule is CCCNC(=O)Nc1cc(-c2nc(C)cs2)c(-c2cncc(-c3n[nH]c(=O)o3)c2)cn1. The Morgan fingerprint density at radius 2 is 2.03 bits per heavy atom. The van der Waals surface area contributed by atoms with Gasteiger partial charge in [0.15, 0.2) is 0 Å². The maximum Gasteiger partial charge on any atom is 0.434 e. The second-order valence-electron chi connectivity index (χ2n) is 6.67. The third kappa shape index (κ3) is 4.67. The number of hydrogen-bond acceptors (Lipinski definition) is 8. The van der Waals surface area contributed by atoms with E-state index < -0.39 is 5.76 Å². The molecule has 2 amide bonds. The Balaban J connectivity index is 1.75. The zero-order chi connectivity index (χ0) is 21.8. The van der Waals surface area contributed by atoms with Crippen molar-refractivity contribution in [2.45, 2.75) is 20.3 Å². The highest BCUT2D eigenvalue weighted by molar-refractivity contribution is 7.13. The number of urea groups is 1. The van der Waals surface area contributed by atoms with Gasteiger partial charge in [-0.05, 0) is 25.5 Å². The lowest BCUT2D eigenvalue weighted by atomic mass is 10.0. The average Bonchev–Trinajstić information content (AvgIpc) is 3.40. The molecule has 4 rings (SSSR count). The lowest BCUT2D eigenvalue weighted by Gasteiger charge is -2.11. The molecule has 31 heavy (non-hydrogen) atoms. The Morgan fingerprint density at radius 3 is 2.74 bits per heavy atom. The summed E-state index contributed by atoms with van der Waals surface area (Å²) in [5, 5.41) is 14.3. The van der Waals surface area contributed by atoms with E-state index in [4.69, 9.17) is 4.42 Å². The second kappa shape index (κ2) is 8.88. The number of hydrogen-bond donors (Lipinski definition) is 3. The third-order valence-corrected chi connectivity index (χ3v) is 5.26. The minimum absolute atomic E-state index is 0.143. The van der Waals surface area contributed by atoms with Crippen molar-refractivity contribution in [2.24, 2.45) is 0 Å². The maximum atomic E-state index is 12.1. The first-order valence-electron chi connectivity index (χ1n) is 9.52. The second-order valence-corrected chi connectivity index (χ2v) is 7.53. The van der Waals surface area contributed by atoms with E-state index in [0.29, 0.717) is 17.9 Å². The smallest absolute Gasteiger partial charge is 0.388 e. The van der Waals surface area contributed by atoms with Crippen molar-refractivity contribution in [3.05, 3.63) is 52.3 Å². The fourth-order valence-electron chi connectivity index (χ4n) is 2.86. The van der Waals surface area contributed by atoms with E-state index in [1.165, 1.54) is 11.3 Å². The summed E-state index contributed by atoms with van der Waals surface area (Å²) in [5.41, 5.74) is 3.73. The Bertz CT molecular complexity index is 1280. The molecule has 0 bridgehead atoms. The van der Waals surface area contributed by atoms with Gasteiger partial charge in [-0.3, -0.25) is 10.3 Å². The summed E-state index contributed by atoms with van der Waals surface area (Å²) in [7, 11) is 0. The highest BCUT2D eigenvalue weighted by Crippen LogP contribution is 2.35. The fraction of sp³-hybridized carbons (Fsp3) is 0.200. The number of thiazole rings is 1. The van der Waals surface area contributed by atoms with Gasteiger partial charge in [0, 0.05) is 52.9 Å². The Labute approximate surface area is 180 Å². The summed E-state index contributed by atoms with van der Waals surface area (Å²) < 4.78 is 5.03. The predicted molar refractivity (Wildman–Crippen MR) is 117 cm³/mol. The van der Waals surface area contributed by atoms with Crippen LogP contribution in [0.2, 0.25) is 0 Å². The van der Waals surface area contributed by atoms with Crippen LogP contribution in [0.5, 0.6) is 0 Å². The van der Waals surface area contributed by atoms with Crippen LogP contribution < -0.4 is 16.4 Å². The molecule has 3 N–H and O–H groups in total. The summed E-state index contributed by atoms with van der Waals surface area (Å²) in [6, 6.07) is 3.26. The molecule has 0 aliphatic carbocycles. The van der Waals surface area contributed by atoms with Crippen molar-refractivity contribution in [3.63, 3.8) is 0 Å². The zero-order valence-electron chi connectivity index (χ0n) is 16.8. The normalized spacial score (nSPS) is 10.8. The number of nitrogens with one attached hydrogen (secondary N) is 3. The van der Waals surface area contributed by atoms with Crippen LogP contribution in [0.3, 0.4) is 0 Å². The van der Waals surface area contributed by atoms with Crippen LogP contribution in [0.1, 0.15) is 19.0 Å². The van der Waals surface area contributed by atoms with Gasteiger partial charge < -0.3 is 9.73 Å². The molecule has 0 saturated heterocycles. The van der Waals surface area contributed by atoms with E-state index in [2.05, 4.69) is 35.8 Å². The van der Waals surface area contributed by atoms with Gasteiger partial charge in [0.05, 0.1) is 5.56 Å². The topological polar surface area (TPSA) is 139 Å². The van der Waals surface area contributed by atoms with Gasteiger partial charge in [-0.15, -0.1) is 16.4 Å². The molecule has 0 spiro atoms. The standard InChI is InChI=1S/C20H19N7O3S/c1-3-4-22-19(28)25-16-6-14(18-24-11(2)10-31-18)15(9-23-16)12-5-13(8-21-7-12)17-26-27-20(29)30-17/h5-10H,3-4H2,1-2H3,(H,27,29)(H2,22,23,25,28). The molecular formula is C20H19N7O3S. The van der Waals surface area contributed by atoms with Crippen LogP contribution >= 0.6 is 11.3 Å². The lowest BCUT2D eigenvalue weighted by Crippen LogP contribution is -2.29. The van der Waals surface area contributed by atoms with Crippen LogP contribution in [-0.2, 0) is 0 Å². The van der Waals surface area contributed by atoms with Gasteiger partial charge in [0.1, 0.15) is 10.8 Å². The van der Waals surface area contributed by atoms with Gasteiger partial charge in [-0.2, -0.15) is 0 Å². The number of rotatable bonds is 6. The maximum absolute atomic E-state index is 12.1. The summed E-state index contributed by atoms with van der Waals surface area (Å²) in [6.45, 7) is 4.47. The molecular weight excluding hydrogens is 418 g/mol. The molecule has 4 aromatic rings. The molecule has 0 saturated carbocycles. The molecule has 0 aromatic carbocycles. The highest BCUT2D eigenvalue weighted by atomic mass is 32.1. The number of aromatic nitrogens is 5. The molecule has 0 aliphatic rings. The van der Waals surface area contributed by atoms with E-state index in [0.717, 1.165) is 33.8 Å². The van der Waals surface area contributed by atoms with E-state index in [1.807, 2.05) is 19.2 Å².